The van der Waals surface area contributed by atoms with Gasteiger partial charge in [0.2, 0.25) is 0 Å². The van der Waals surface area contributed by atoms with Crippen LogP contribution >= 0.6 is 0 Å². The maximum absolute atomic E-state index is 14.5. The van der Waals surface area contributed by atoms with E-state index in [1.807, 2.05) is 0 Å². The van der Waals surface area contributed by atoms with Crippen molar-refractivity contribution in [3.05, 3.63) is 71.9 Å². The highest BCUT2D eigenvalue weighted by molar-refractivity contribution is 6.00. The van der Waals surface area contributed by atoms with Crippen LogP contribution in [0.25, 0.3) is 0 Å². The molecule has 0 radical (unpaired) electrons. The number of pyridine rings is 1. The molecule has 0 spiro atoms. The molecule has 1 heterocycles. The second kappa shape index (κ2) is 9.61. The first kappa shape index (κ1) is 22.2. The summed E-state index contributed by atoms with van der Waals surface area (Å²) in [6, 6.07) is 10.5. The number of urea groups is 1. The van der Waals surface area contributed by atoms with Crippen molar-refractivity contribution in [1.82, 2.24) is 4.98 Å². The molecule has 4 rings (SSSR count). The Hall–Kier alpha value is -4.05. The number of benzene rings is 2. The Morgan fingerprint density at radius 1 is 0.939 bits per heavy atom. The molecule has 8 nitrogen and oxygen atoms in total. The van der Waals surface area contributed by atoms with Crippen molar-refractivity contribution in [3.63, 3.8) is 0 Å². The molecular formula is C23H20F2N4O4. The highest BCUT2D eigenvalue weighted by Crippen LogP contribution is 2.41. The Morgan fingerprint density at radius 3 is 2.42 bits per heavy atom. The topological polar surface area (TPSA) is 113 Å². The SMILES string of the molecule is O=C(CO)Nc1cc(Oc2ccc(NC(=O)Nc3cc(C4CC4)ccc3F)c(F)c2)ccn1. The van der Waals surface area contributed by atoms with E-state index in [4.69, 9.17) is 9.84 Å². The number of aromatic nitrogens is 1. The van der Waals surface area contributed by atoms with Gasteiger partial charge in [-0.05, 0) is 54.7 Å². The number of nitrogens with one attached hydrogen (secondary N) is 3. The van der Waals surface area contributed by atoms with Gasteiger partial charge in [0, 0.05) is 18.3 Å². The molecule has 33 heavy (non-hydrogen) atoms. The molecule has 1 aromatic heterocycles. The van der Waals surface area contributed by atoms with Gasteiger partial charge in [-0.2, -0.15) is 0 Å². The number of aliphatic hydroxyl groups excluding tert-OH is 1. The lowest BCUT2D eigenvalue weighted by Gasteiger charge is -2.12. The largest absolute Gasteiger partial charge is 0.457 e. The highest BCUT2D eigenvalue weighted by atomic mass is 19.1. The number of rotatable bonds is 7. The Labute approximate surface area is 187 Å². The molecule has 0 aliphatic heterocycles. The van der Waals surface area contributed by atoms with E-state index in [2.05, 4.69) is 20.9 Å². The summed E-state index contributed by atoms with van der Waals surface area (Å²) >= 11 is 0. The fraction of sp³-hybridized carbons (Fsp3) is 0.174. The zero-order chi connectivity index (χ0) is 23.4. The average molecular weight is 454 g/mol. The molecule has 1 aliphatic rings. The third-order valence-electron chi connectivity index (χ3n) is 4.85. The second-order valence-electron chi connectivity index (χ2n) is 7.42. The van der Waals surface area contributed by atoms with Crippen LogP contribution in [0.1, 0.15) is 24.3 Å². The zero-order valence-corrected chi connectivity index (χ0v) is 17.3. The Balaban J connectivity index is 1.40. The van der Waals surface area contributed by atoms with Crippen LogP contribution in [0.3, 0.4) is 0 Å². The van der Waals surface area contributed by atoms with Crippen LogP contribution in [0.15, 0.2) is 54.7 Å². The molecule has 10 heteroatoms. The van der Waals surface area contributed by atoms with Gasteiger partial charge in [-0.15, -0.1) is 0 Å². The van der Waals surface area contributed by atoms with E-state index in [9.17, 15) is 18.4 Å². The van der Waals surface area contributed by atoms with E-state index in [1.54, 1.807) is 12.1 Å². The van der Waals surface area contributed by atoms with Gasteiger partial charge in [0.1, 0.15) is 35.6 Å². The summed E-state index contributed by atoms with van der Waals surface area (Å²) in [5.74, 6) is -1.04. The van der Waals surface area contributed by atoms with E-state index in [-0.39, 0.29) is 28.7 Å². The van der Waals surface area contributed by atoms with Gasteiger partial charge in [0.25, 0.3) is 5.91 Å². The molecule has 0 saturated heterocycles. The number of hydrogen-bond acceptors (Lipinski definition) is 5. The van der Waals surface area contributed by atoms with Crippen molar-refractivity contribution in [3.8, 4) is 11.5 Å². The molecule has 170 valence electrons. The highest BCUT2D eigenvalue weighted by Gasteiger charge is 2.24. The number of amides is 3. The fourth-order valence-electron chi connectivity index (χ4n) is 3.11. The predicted molar refractivity (Wildman–Crippen MR) is 117 cm³/mol. The van der Waals surface area contributed by atoms with Crippen molar-refractivity contribution >= 4 is 29.1 Å². The Kier molecular flexibility index (Phi) is 6.45. The number of anilines is 3. The van der Waals surface area contributed by atoms with Gasteiger partial charge >= 0.3 is 6.03 Å². The van der Waals surface area contributed by atoms with E-state index in [0.717, 1.165) is 24.5 Å². The maximum Gasteiger partial charge on any atom is 0.323 e. The summed E-state index contributed by atoms with van der Waals surface area (Å²) in [6.07, 6.45) is 3.44. The second-order valence-corrected chi connectivity index (χ2v) is 7.42. The standard InChI is InChI=1S/C23H20F2N4O4/c24-17-5-3-14(13-1-2-13)9-20(17)28-23(32)27-19-6-4-15(10-18(19)25)33-16-7-8-26-21(11-16)29-22(31)12-30/h3-11,13,30H,1-2,12H2,(H,26,29,31)(H2,27,28,32). The number of aliphatic hydroxyl groups is 1. The number of nitrogens with zero attached hydrogens (tertiary/aromatic N) is 1. The summed E-state index contributed by atoms with van der Waals surface area (Å²) in [7, 11) is 0. The molecule has 1 saturated carbocycles. The van der Waals surface area contributed by atoms with E-state index < -0.39 is 30.2 Å². The molecule has 0 bridgehead atoms. The van der Waals surface area contributed by atoms with Gasteiger partial charge in [0.05, 0.1) is 11.4 Å². The minimum Gasteiger partial charge on any atom is -0.457 e. The minimum atomic E-state index is -0.784. The fourth-order valence-corrected chi connectivity index (χ4v) is 3.11. The van der Waals surface area contributed by atoms with Gasteiger partial charge in [-0.3, -0.25) is 4.79 Å². The first-order valence-corrected chi connectivity index (χ1v) is 10.1. The lowest BCUT2D eigenvalue weighted by molar-refractivity contribution is -0.118. The van der Waals surface area contributed by atoms with Crippen LogP contribution in [-0.2, 0) is 4.79 Å². The van der Waals surface area contributed by atoms with Crippen LogP contribution in [0, 0.1) is 11.6 Å². The van der Waals surface area contributed by atoms with Crippen LogP contribution in [0.4, 0.5) is 30.8 Å². The molecular weight excluding hydrogens is 434 g/mol. The lowest BCUT2D eigenvalue weighted by atomic mass is 10.1. The minimum absolute atomic E-state index is 0.0269. The van der Waals surface area contributed by atoms with Crippen molar-refractivity contribution in [1.29, 1.82) is 0 Å². The number of halogens is 2. The molecule has 0 atom stereocenters. The number of hydrogen-bond donors (Lipinski definition) is 4. The normalized spacial score (nSPS) is 12.7. The molecule has 2 aromatic carbocycles. The van der Waals surface area contributed by atoms with E-state index in [1.165, 1.54) is 36.5 Å². The van der Waals surface area contributed by atoms with Gasteiger partial charge in [-0.1, -0.05) is 6.07 Å². The number of carbonyl (C=O) groups is 2. The summed E-state index contributed by atoms with van der Waals surface area (Å²) in [4.78, 5) is 27.4. The maximum atomic E-state index is 14.5. The van der Waals surface area contributed by atoms with Crippen molar-refractivity contribution in [2.24, 2.45) is 0 Å². The smallest absolute Gasteiger partial charge is 0.323 e. The van der Waals surface area contributed by atoms with Crippen LogP contribution in [0.5, 0.6) is 11.5 Å². The predicted octanol–water partition coefficient (Wildman–Crippen LogP) is 4.60. The Morgan fingerprint density at radius 2 is 1.70 bits per heavy atom. The van der Waals surface area contributed by atoms with Crippen LogP contribution in [0.2, 0.25) is 0 Å². The van der Waals surface area contributed by atoms with E-state index in [0.29, 0.717) is 5.92 Å². The molecule has 4 N–H and O–H groups in total. The van der Waals surface area contributed by atoms with Crippen LogP contribution in [-0.4, -0.2) is 28.6 Å². The molecule has 1 fully saturated rings. The van der Waals surface area contributed by atoms with Gasteiger partial charge in [0.15, 0.2) is 0 Å². The van der Waals surface area contributed by atoms with Gasteiger partial charge < -0.3 is 25.8 Å². The average Bonchev–Trinajstić information content (AvgIpc) is 3.63. The first-order chi connectivity index (χ1) is 15.9. The molecule has 1 aliphatic carbocycles. The quantitative estimate of drug-likeness (QED) is 0.417. The summed E-state index contributed by atoms with van der Waals surface area (Å²) < 4.78 is 34.1. The third-order valence-corrected chi connectivity index (χ3v) is 4.85. The molecule has 3 amide bonds. The molecule has 3 aromatic rings. The summed E-state index contributed by atoms with van der Waals surface area (Å²) in [5, 5.41) is 15.9. The van der Waals surface area contributed by atoms with Crippen LogP contribution < -0.4 is 20.7 Å². The van der Waals surface area contributed by atoms with E-state index >= 15 is 0 Å². The zero-order valence-electron chi connectivity index (χ0n) is 17.3. The first-order valence-electron chi connectivity index (χ1n) is 10.1. The number of ether oxygens (including phenoxy) is 1. The third kappa shape index (κ3) is 5.80. The van der Waals surface area contributed by atoms with Gasteiger partial charge in [-0.25, -0.2) is 18.6 Å². The van der Waals surface area contributed by atoms with Crippen molar-refractivity contribution in [2.75, 3.05) is 22.6 Å². The molecule has 0 unspecified atom stereocenters. The lowest BCUT2D eigenvalue weighted by Crippen LogP contribution is -2.21. The Bertz CT molecular complexity index is 1200. The monoisotopic (exact) mass is 454 g/mol. The summed E-state index contributed by atoms with van der Waals surface area (Å²) in [5.41, 5.74) is 0.859. The number of carbonyl (C=O) groups excluding carboxylic acids is 2. The van der Waals surface area contributed by atoms with Crippen molar-refractivity contribution < 1.29 is 28.2 Å². The summed E-state index contributed by atoms with van der Waals surface area (Å²) in [6.45, 7) is -0.696. The van der Waals surface area contributed by atoms with Crippen molar-refractivity contribution in [2.45, 2.75) is 18.8 Å².